The van der Waals surface area contributed by atoms with Gasteiger partial charge < -0.3 is 28.4 Å². The summed E-state index contributed by atoms with van der Waals surface area (Å²) in [7, 11) is -13.9. The molecule has 3 aliphatic rings. The van der Waals surface area contributed by atoms with Gasteiger partial charge in [-0.2, -0.15) is 0 Å². The predicted octanol–water partition coefficient (Wildman–Crippen LogP) is -0.586. The lowest BCUT2D eigenvalue weighted by Crippen LogP contribution is -3.09. The summed E-state index contributed by atoms with van der Waals surface area (Å²) in [5, 5.41) is 0. The molecule has 0 atom stereocenters. The van der Waals surface area contributed by atoms with Crippen LogP contribution >= 0.6 is 0 Å². The standard InChI is InChI=1S/3C8H17N.C6H14O9S3/c3*1-2-3-6-9-7-4-5-8-9;7-16(8,9)3-1-6(5-18(13,14)15)2-4-17(10,11)12/h3*2-8H2,1H3;6H,1-5H2,(H,7,8,9)(H,10,11,12)(H,13,14,15). The Morgan fingerprint density at radius 2 is 0.756 bits per heavy atom. The van der Waals surface area contributed by atoms with E-state index in [0.717, 1.165) is 0 Å². The Morgan fingerprint density at radius 1 is 0.489 bits per heavy atom. The first-order chi connectivity index (χ1) is 21.1. The zero-order chi connectivity index (χ0) is 34.2. The molecule has 0 spiro atoms. The van der Waals surface area contributed by atoms with E-state index >= 15 is 0 Å². The molecule has 0 aliphatic carbocycles. The Kier molecular flexibility index (Phi) is 25.4. The van der Waals surface area contributed by atoms with E-state index in [0.29, 0.717) is 0 Å². The minimum atomic E-state index is -4.70. The molecule has 3 rings (SSSR count). The summed E-state index contributed by atoms with van der Waals surface area (Å²) in [5.41, 5.74) is 0. The van der Waals surface area contributed by atoms with Gasteiger partial charge in [0.15, 0.2) is 0 Å². The summed E-state index contributed by atoms with van der Waals surface area (Å²) in [5.74, 6) is -4.02. The first kappa shape index (κ1) is 44.6. The van der Waals surface area contributed by atoms with Crippen LogP contribution in [0.2, 0.25) is 0 Å². The second kappa shape index (κ2) is 25.6. The number of nitrogens with one attached hydrogen (secondary N) is 3. The molecule has 0 aromatic heterocycles. The smallest absolute Gasteiger partial charge is 0.0948 e. The highest BCUT2D eigenvalue weighted by Gasteiger charge is 2.16. The van der Waals surface area contributed by atoms with Crippen LogP contribution in [0.5, 0.6) is 0 Å². The molecule has 15 heteroatoms. The molecule has 0 saturated carbocycles. The van der Waals surface area contributed by atoms with Crippen LogP contribution in [0, 0.1) is 5.92 Å². The largest absolute Gasteiger partial charge is 0.748 e. The first-order valence-electron chi connectivity index (χ1n) is 17.4. The van der Waals surface area contributed by atoms with E-state index in [1.807, 2.05) is 14.7 Å². The van der Waals surface area contributed by atoms with Crippen LogP contribution in [-0.2, 0) is 30.4 Å². The maximum Gasteiger partial charge on any atom is 0.0948 e. The van der Waals surface area contributed by atoms with E-state index in [4.69, 9.17) is 0 Å². The molecule has 0 radical (unpaired) electrons. The van der Waals surface area contributed by atoms with Crippen LogP contribution in [0.15, 0.2) is 0 Å². The van der Waals surface area contributed by atoms with Gasteiger partial charge in [-0.25, -0.2) is 25.3 Å². The second-order valence-corrected chi connectivity index (χ2v) is 17.4. The molecule has 272 valence electrons. The summed E-state index contributed by atoms with van der Waals surface area (Å²) in [4.78, 5) is 5.53. The minimum Gasteiger partial charge on any atom is -0.748 e. The Morgan fingerprint density at radius 3 is 0.956 bits per heavy atom. The van der Waals surface area contributed by atoms with Crippen molar-refractivity contribution in [3.8, 4) is 0 Å². The zero-order valence-electron chi connectivity index (χ0n) is 28.4. The lowest BCUT2D eigenvalue weighted by molar-refractivity contribution is -0.887. The minimum absolute atomic E-state index is 0.483. The highest BCUT2D eigenvalue weighted by molar-refractivity contribution is 7.86. The van der Waals surface area contributed by atoms with E-state index in [1.54, 1.807) is 0 Å². The van der Waals surface area contributed by atoms with Crippen molar-refractivity contribution >= 4 is 30.4 Å². The summed E-state index contributed by atoms with van der Waals surface area (Å²) in [6.45, 7) is 19.8. The molecule has 0 aromatic rings. The van der Waals surface area contributed by atoms with E-state index in [1.165, 1.54) is 136 Å². The van der Waals surface area contributed by atoms with Crippen LogP contribution in [-0.4, -0.2) is 115 Å². The quantitative estimate of drug-likeness (QED) is 0.166. The summed E-state index contributed by atoms with van der Waals surface area (Å²) in [6, 6.07) is 0. The van der Waals surface area contributed by atoms with Gasteiger partial charge in [0.2, 0.25) is 0 Å². The molecule has 0 unspecified atom stereocenters. The number of rotatable bonds is 17. The predicted molar refractivity (Wildman–Crippen MR) is 176 cm³/mol. The van der Waals surface area contributed by atoms with Crippen LogP contribution in [0.4, 0.5) is 0 Å². The van der Waals surface area contributed by atoms with Crippen molar-refractivity contribution in [3.05, 3.63) is 0 Å². The molecule has 3 fully saturated rings. The van der Waals surface area contributed by atoms with E-state index < -0.39 is 66.4 Å². The number of hydrogen-bond acceptors (Lipinski definition) is 9. The lowest BCUT2D eigenvalue weighted by atomic mass is 10.1. The van der Waals surface area contributed by atoms with Gasteiger partial charge >= 0.3 is 0 Å². The maximum atomic E-state index is 10.5. The van der Waals surface area contributed by atoms with Crippen molar-refractivity contribution in [3.63, 3.8) is 0 Å². The van der Waals surface area contributed by atoms with Crippen LogP contribution in [0.1, 0.15) is 111 Å². The summed E-state index contributed by atoms with van der Waals surface area (Å²) in [6.07, 6.45) is 16.2. The van der Waals surface area contributed by atoms with Gasteiger partial charge in [0.05, 0.1) is 89.3 Å². The van der Waals surface area contributed by atoms with Gasteiger partial charge in [-0.1, -0.05) is 40.0 Å². The second-order valence-electron chi connectivity index (χ2n) is 12.9. The Hall–Kier alpha value is -0.390. The van der Waals surface area contributed by atoms with Gasteiger partial charge in [0, 0.05) is 55.8 Å². The van der Waals surface area contributed by atoms with E-state index in [9.17, 15) is 38.9 Å². The monoisotopic (exact) mass is 707 g/mol. The molecule has 3 aliphatic heterocycles. The molecule has 3 saturated heterocycles. The average Bonchev–Trinajstić information content (AvgIpc) is 3.75. The highest BCUT2D eigenvalue weighted by Crippen LogP contribution is 2.14. The number of likely N-dealkylation sites (tertiary alicyclic amines) is 3. The van der Waals surface area contributed by atoms with Gasteiger partial charge in [-0.15, -0.1) is 0 Å². The van der Waals surface area contributed by atoms with Gasteiger partial charge in [0.25, 0.3) is 0 Å². The van der Waals surface area contributed by atoms with Crippen molar-refractivity contribution in [1.29, 1.82) is 0 Å². The van der Waals surface area contributed by atoms with E-state index in [2.05, 4.69) is 20.8 Å². The molecule has 45 heavy (non-hydrogen) atoms. The fourth-order valence-corrected chi connectivity index (χ4v) is 8.03. The van der Waals surface area contributed by atoms with Gasteiger partial charge in [-0.05, 0) is 38.0 Å². The molecule has 12 nitrogen and oxygen atoms in total. The van der Waals surface area contributed by atoms with E-state index in [-0.39, 0.29) is 0 Å². The van der Waals surface area contributed by atoms with Crippen LogP contribution in [0.25, 0.3) is 0 Å². The number of hydrogen-bond donors (Lipinski definition) is 3. The molecular formula is C30H65N3O9S3. The first-order valence-corrected chi connectivity index (χ1v) is 22.1. The SMILES string of the molecule is CCCC[NH+]1CCCC1.CCCC[NH+]1CCCC1.CCCC[NH+]1CCCC1.O=S(=O)([O-])CCC(CCS(=O)(=O)[O-])CS(=O)(=O)[O-]. The van der Waals surface area contributed by atoms with Crippen LogP contribution < -0.4 is 14.7 Å². The number of unbranched alkanes of at least 4 members (excludes halogenated alkanes) is 3. The molecule has 0 amide bonds. The Bertz CT molecular complexity index is 941. The van der Waals surface area contributed by atoms with Crippen molar-refractivity contribution < 1.29 is 53.6 Å². The zero-order valence-corrected chi connectivity index (χ0v) is 30.8. The third-order valence-corrected chi connectivity index (χ3v) is 10.9. The molecule has 0 aromatic carbocycles. The van der Waals surface area contributed by atoms with Crippen LogP contribution in [0.3, 0.4) is 0 Å². The van der Waals surface area contributed by atoms with Crippen molar-refractivity contribution in [2.45, 2.75) is 111 Å². The Balaban J connectivity index is 0.000000607. The third-order valence-electron chi connectivity index (χ3n) is 8.58. The van der Waals surface area contributed by atoms with Crippen molar-refractivity contribution in [2.75, 3.05) is 76.2 Å². The lowest BCUT2D eigenvalue weighted by Gasteiger charge is -2.20. The van der Waals surface area contributed by atoms with Gasteiger partial charge in [-0.3, -0.25) is 0 Å². The summed E-state index contributed by atoms with van der Waals surface area (Å²) < 4.78 is 93.5. The topological polar surface area (TPSA) is 185 Å². The third kappa shape index (κ3) is 30.7. The molecular weight excluding hydrogens is 643 g/mol. The summed E-state index contributed by atoms with van der Waals surface area (Å²) >= 11 is 0. The average molecular weight is 708 g/mol. The van der Waals surface area contributed by atoms with Crippen molar-refractivity contribution in [1.82, 2.24) is 0 Å². The number of quaternary nitrogens is 3. The fraction of sp³-hybridized carbons (Fsp3) is 1.00. The van der Waals surface area contributed by atoms with Crippen molar-refractivity contribution in [2.24, 2.45) is 5.92 Å². The maximum absolute atomic E-state index is 10.5. The molecule has 3 heterocycles. The highest BCUT2D eigenvalue weighted by atomic mass is 32.2. The molecule has 0 bridgehead atoms. The normalized spacial score (nSPS) is 18.2. The van der Waals surface area contributed by atoms with Gasteiger partial charge in [0.1, 0.15) is 0 Å². The fourth-order valence-electron chi connectivity index (χ4n) is 5.88. The Labute approximate surface area is 275 Å². The molecule has 3 N–H and O–H groups in total.